The number of nitrogens with one attached hydrogen (secondary N) is 1. The summed E-state index contributed by atoms with van der Waals surface area (Å²) in [4.78, 5) is 27.3. The third-order valence-electron chi connectivity index (χ3n) is 4.01. The Morgan fingerprint density at radius 1 is 1.35 bits per heavy atom. The number of amides is 3. The Bertz CT molecular complexity index is 566. The van der Waals surface area contributed by atoms with E-state index in [1.807, 2.05) is 0 Å². The molecular weight excluding hydrogens is 321 g/mol. The summed E-state index contributed by atoms with van der Waals surface area (Å²) in [6.07, 6.45) is 1.62. The summed E-state index contributed by atoms with van der Waals surface area (Å²) >= 11 is 5.88. The van der Waals surface area contributed by atoms with Crippen LogP contribution in [0.15, 0.2) is 18.2 Å². The number of hydrogen-bond donors (Lipinski definition) is 1. The van der Waals surface area contributed by atoms with Crippen LogP contribution >= 0.6 is 11.6 Å². The first kappa shape index (κ1) is 17.5. The van der Waals surface area contributed by atoms with Crippen molar-refractivity contribution in [2.24, 2.45) is 5.92 Å². The first-order valence-electron chi connectivity index (χ1n) is 7.58. The molecule has 3 amide bonds. The molecule has 1 N–H and O–H groups in total. The zero-order valence-corrected chi connectivity index (χ0v) is 14.1. The van der Waals surface area contributed by atoms with Crippen LogP contribution in [0, 0.1) is 11.7 Å². The minimum absolute atomic E-state index is 0.00521. The zero-order valence-electron chi connectivity index (χ0n) is 13.3. The number of halogens is 2. The average Bonchev–Trinajstić information content (AvgIpc) is 2.52. The summed E-state index contributed by atoms with van der Waals surface area (Å²) in [6, 6.07) is 4.17. The van der Waals surface area contributed by atoms with E-state index in [0.29, 0.717) is 19.6 Å². The van der Waals surface area contributed by atoms with Gasteiger partial charge in [0.2, 0.25) is 0 Å². The third kappa shape index (κ3) is 4.34. The molecule has 0 bridgehead atoms. The molecule has 1 heterocycles. The summed E-state index contributed by atoms with van der Waals surface area (Å²) in [5.74, 6) is -0.850. The van der Waals surface area contributed by atoms with Crippen molar-refractivity contribution in [1.82, 2.24) is 15.1 Å². The molecule has 0 spiro atoms. The van der Waals surface area contributed by atoms with Crippen molar-refractivity contribution in [2.45, 2.75) is 12.8 Å². The summed E-state index contributed by atoms with van der Waals surface area (Å²) < 4.78 is 13.7. The van der Waals surface area contributed by atoms with E-state index >= 15 is 0 Å². The van der Waals surface area contributed by atoms with Crippen LogP contribution in [0.4, 0.5) is 9.18 Å². The Labute approximate surface area is 140 Å². The van der Waals surface area contributed by atoms with Gasteiger partial charge in [-0.25, -0.2) is 9.18 Å². The molecule has 0 aromatic heterocycles. The lowest BCUT2D eigenvalue weighted by molar-refractivity contribution is 0.0931. The highest BCUT2D eigenvalue weighted by atomic mass is 35.5. The number of likely N-dealkylation sites (tertiary alicyclic amines) is 1. The van der Waals surface area contributed by atoms with Gasteiger partial charge in [-0.15, -0.1) is 0 Å². The molecule has 1 saturated heterocycles. The lowest BCUT2D eigenvalue weighted by Gasteiger charge is -2.33. The van der Waals surface area contributed by atoms with Crippen molar-refractivity contribution in [1.29, 1.82) is 0 Å². The van der Waals surface area contributed by atoms with Gasteiger partial charge in [-0.2, -0.15) is 0 Å². The van der Waals surface area contributed by atoms with E-state index in [-0.39, 0.29) is 22.5 Å². The van der Waals surface area contributed by atoms with Crippen LogP contribution in [-0.2, 0) is 0 Å². The minimum Gasteiger partial charge on any atom is -0.352 e. The van der Waals surface area contributed by atoms with Gasteiger partial charge >= 0.3 is 6.03 Å². The molecular formula is C16H21ClFN3O2. The predicted octanol–water partition coefficient (Wildman–Crippen LogP) is 2.60. The zero-order chi connectivity index (χ0) is 17.0. The van der Waals surface area contributed by atoms with Gasteiger partial charge in [0.1, 0.15) is 5.82 Å². The average molecular weight is 342 g/mol. The van der Waals surface area contributed by atoms with Crippen LogP contribution in [0.1, 0.15) is 23.2 Å². The van der Waals surface area contributed by atoms with E-state index in [9.17, 15) is 14.0 Å². The highest BCUT2D eigenvalue weighted by Crippen LogP contribution is 2.20. The first-order valence-corrected chi connectivity index (χ1v) is 7.96. The smallest absolute Gasteiger partial charge is 0.319 e. The van der Waals surface area contributed by atoms with Crippen molar-refractivity contribution in [3.63, 3.8) is 0 Å². The monoisotopic (exact) mass is 341 g/mol. The highest BCUT2D eigenvalue weighted by Gasteiger charge is 2.24. The number of hydrogen-bond acceptors (Lipinski definition) is 2. The Morgan fingerprint density at radius 3 is 2.57 bits per heavy atom. The maximum Gasteiger partial charge on any atom is 0.319 e. The molecule has 126 valence electrons. The number of carbonyl (C=O) groups excluding carboxylic acids is 2. The molecule has 0 unspecified atom stereocenters. The molecule has 0 atom stereocenters. The van der Waals surface area contributed by atoms with E-state index < -0.39 is 11.7 Å². The van der Waals surface area contributed by atoms with E-state index in [1.165, 1.54) is 18.2 Å². The fourth-order valence-electron chi connectivity index (χ4n) is 2.65. The largest absolute Gasteiger partial charge is 0.352 e. The van der Waals surface area contributed by atoms with E-state index in [0.717, 1.165) is 12.8 Å². The maximum absolute atomic E-state index is 13.7. The van der Waals surface area contributed by atoms with Crippen LogP contribution in [0.2, 0.25) is 5.02 Å². The molecule has 5 nitrogen and oxygen atoms in total. The molecule has 1 fully saturated rings. The maximum atomic E-state index is 13.7. The lowest BCUT2D eigenvalue weighted by atomic mass is 9.97. The van der Waals surface area contributed by atoms with Crippen LogP contribution in [0.5, 0.6) is 0 Å². The van der Waals surface area contributed by atoms with Gasteiger partial charge in [-0.05, 0) is 30.9 Å². The minimum atomic E-state index is -0.624. The van der Waals surface area contributed by atoms with Crippen LogP contribution < -0.4 is 5.32 Å². The summed E-state index contributed by atoms with van der Waals surface area (Å²) in [6.45, 7) is 1.78. The summed E-state index contributed by atoms with van der Waals surface area (Å²) in [7, 11) is 3.46. The quantitative estimate of drug-likeness (QED) is 0.918. The molecule has 1 aliphatic rings. The number of rotatable bonds is 3. The van der Waals surface area contributed by atoms with Crippen molar-refractivity contribution < 1.29 is 14.0 Å². The van der Waals surface area contributed by atoms with E-state index in [4.69, 9.17) is 11.6 Å². The molecule has 23 heavy (non-hydrogen) atoms. The van der Waals surface area contributed by atoms with Gasteiger partial charge < -0.3 is 15.1 Å². The second-order valence-corrected chi connectivity index (χ2v) is 6.32. The Morgan fingerprint density at radius 2 is 2.00 bits per heavy atom. The standard InChI is InChI=1S/C16H21ClFN3O2/c1-20(2)16(23)21-8-6-11(7-9-21)10-19-15(22)14-12(17)4-3-5-13(14)18/h3-5,11H,6-10H2,1-2H3,(H,19,22). The van der Waals surface area contributed by atoms with Gasteiger partial charge in [-0.1, -0.05) is 17.7 Å². The normalized spacial score (nSPS) is 15.4. The molecule has 0 radical (unpaired) electrons. The SMILES string of the molecule is CN(C)C(=O)N1CCC(CNC(=O)c2c(F)cccc2Cl)CC1. The molecule has 7 heteroatoms. The Balaban J connectivity index is 1.84. The lowest BCUT2D eigenvalue weighted by Crippen LogP contribution is -2.45. The molecule has 2 rings (SSSR count). The van der Waals surface area contributed by atoms with Gasteiger partial charge in [-0.3, -0.25) is 4.79 Å². The van der Waals surface area contributed by atoms with Crippen LogP contribution in [0.3, 0.4) is 0 Å². The molecule has 0 aliphatic carbocycles. The Kier molecular flexibility index (Phi) is 5.82. The van der Waals surface area contributed by atoms with Gasteiger partial charge in [0.05, 0.1) is 10.6 Å². The number of carbonyl (C=O) groups is 2. The van der Waals surface area contributed by atoms with E-state index in [1.54, 1.807) is 23.9 Å². The van der Waals surface area contributed by atoms with Gasteiger partial charge in [0.15, 0.2) is 0 Å². The van der Waals surface area contributed by atoms with Gasteiger partial charge in [0.25, 0.3) is 5.91 Å². The fraction of sp³-hybridized carbons (Fsp3) is 0.500. The second-order valence-electron chi connectivity index (χ2n) is 5.91. The molecule has 1 aromatic rings. The first-order chi connectivity index (χ1) is 10.9. The molecule has 1 aromatic carbocycles. The number of nitrogens with zero attached hydrogens (tertiary/aromatic N) is 2. The van der Waals surface area contributed by atoms with Crippen LogP contribution in [-0.4, -0.2) is 55.5 Å². The van der Waals surface area contributed by atoms with Crippen molar-refractivity contribution in [2.75, 3.05) is 33.7 Å². The third-order valence-corrected chi connectivity index (χ3v) is 4.32. The van der Waals surface area contributed by atoms with E-state index in [2.05, 4.69) is 5.32 Å². The van der Waals surface area contributed by atoms with Crippen molar-refractivity contribution in [3.8, 4) is 0 Å². The second kappa shape index (κ2) is 7.64. The van der Waals surface area contributed by atoms with Crippen LogP contribution in [0.25, 0.3) is 0 Å². The van der Waals surface area contributed by atoms with Crippen molar-refractivity contribution >= 4 is 23.5 Å². The Hall–Kier alpha value is -1.82. The summed E-state index contributed by atoms with van der Waals surface area (Å²) in [5, 5.41) is 2.85. The fourth-order valence-corrected chi connectivity index (χ4v) is 2.90. The van der Waals surface area contributed by atoms with Crippen molar-refractivity contribution in [3.05, 3.63) is 34.6 Å². The number of urea groups is 1. The highest BCUT2D eigenvalue weighted by molar-refractivity contribution is 6.33. The molecule has 1 aliphatic heterocycles. The molecule has 0 saturated carbocycles. The number of benzene rings is 1. The number of piperidine rings is 1. The topological polar surface area (TPSA) is 52.7 Å². The van der Waals surface area contributed by atoms with Gasteiger partial charge in [0, 0.05) is 33.7 Å². The summed E-state index contributed by atoms with van der Waals surface area (Å²) in [5.41, 5.74) is -0.116. The predicted molar refractivity (Wildman–Crippen MR) is 87.1 cm³/mol.